The van der Waals surface area contributed by atoms with Crippen LogP contribution in [0.5, 0.6) is 5.75 Å². The predicted octanol–water partition coefficient (Wildman–Crippen LogP) is 5.34. The van der Waals surface area contributed by atoms with Crippen molar-refractivity contribution in [3.8, 4) is 5.75 Å². The molecule has 0 saturated heterocycles. The molecule has 3 rings (SSSR count). The second kappa shape index (κ2) is 12.0. The quantitative estimate of drug-likeness (QED) is 0.309. The van der Waals surface area contributed by atoms with Crippen LogP contribution in [0, 0.1) is 0 Å². The summed E-state index contributed by atoms with van der Waals surface area (Å²) in [5.41, 5.74) is 3.34. The Balaban J connectivity index is 1.54. The van der Waals surface area contributed by atoms with E-state index in [1.165, 1.54) is 0 Å². The van der Waals surface area contributed by atoms with E-state index in [0.717, 1.165) is 54.8 Å². The lowest BCUT2D eigenvalue weighted by molar-refractivity contribution is -0.145. The molecule has 0 saturated carbocycles. The number of nitrogens with one attached hydrogen (secondary N) is 1. The van der Waals surface area contributed by atoms with Crippen LogP contribution in [-0.2, 0) is 22.5 Å². The molecule has 0 fully saturated rings. The van der Waals surface area contributed by atoms with Crippen molar-refractivity contribution in [1.29, 1.82) is 0 Å². The molecule has 0 radical (unpaired) electrons. The standard InChI is InChI=1S/C25H31N3O4/c1-3-5-14-26-27-17-18-6-8-19(9-7-18)25(30)28-21-11-13-23-20(15-21)10-12-22(32-23)16-24(29)31-4-2/h6-9,11,13,15,22H,3-5,10,12,14,16-17H2,1-2H3,(H,28,30). The molecule has 170 valence electrons. The van der Waals surface area contributed by atoms with Gasteiger partial charge in [0.05, 0.1) is 26.1 Å². The summed E-state index contributed by atoms with van der Waals surface area (Å²) >= 11 is 0. The Labute approximate surface area is 189 Å². The van der Waals surface area contributed by atoms with E-state index in [1.807, 2.05) is 30.3 Å². The third-order valence-electron chi connectivity index (χ3n) is 5.23. The van der Waals surface area contributed by atoms with Gasteiger partial charge in [-0.25, -0.2) is 0 Å². The number of carbonyl (C=O) groups excluding carboxylic acids is 2. The van der Waals surface area contributed by atoms with Gasteiger partial charge in [-0.15, -0.1) is 0 Å². The first kappa shape index (κ1) is 23.4. The molecule has 7 heteroatoms. The first-order valence-corrected chi connectivity index (χ1v) is 11.3. The molecule has 32 heavy (non-hydrogen) atoms. The average Bonchev–Trinajstić information content (AvgIpc) is 2.79. The van der Waals surface area contributed by atoms with Crippen LogP contribution in [-0.4, -0.2) is 31.1 Å². The second-order valence-electron chi connectivity index (χ2n) is 7.78. The van der Waals surface area contributed by atoms with Crippen LogP contribution in [0.2, 0.25) is 0 Å². The predicted molar refractivity (Wildman–Crippen MR) is 123 cm³/mol. The lowest BCUT2D eigenvalue weighted by atomic mass is 10.00. The van der Waals surface area contributed by atoms with Crippen molar-refractivity contribution in [3.63, 3.8) is 0 Å². The molecule has 0 spiro atoms. The number of esters is 1. The Bertz CT molecular complexity index is 941. The van der Waals surface area contributed by atoms with Crippen LogP contribution in [0.1, 0.15) is 61.0 Å². The fraction of sp³-hybridized carbons (Fsp3) is 0.440. The van der Waals surface area contributed by atoms with Crippen molar-refractivity contribution >= 4 is 17.6 Å². The topological polar surface area (TPSA) is 89.4 Å². The van der Waals surface area contributed by atoms with Crippen LogP contribution >= 0.6 is 0 Å². The number of aryl methyl sites for hydroxylation is 1. The summed E-state index contributed by atoms with van der Waals surface area (Å²) in [5, 5.41) is 11.3. The Morgan fingerprint density at radius 1 is 1.12 bits per heavy atom. The van der Waals surface area contributed by atoms with E-state index in [0.29, 0.717) is 18.7 Å². The summed E-state index contributed by atoms with van der Waals surface area (Å²) in [6.45, 7) is 5.57. The zero-order valence-corrected chi connectivity index (χ0v) is 18.8. The third-order valence-corrected chi connectivity index (χ3v) is 5.23. The monoisotopic (exact) mass is 437 g/mol. The molecule has 1 unspecified atom stereocenters. The van der Waals surface area contributed by atoms with Crippen molar-refractivity contribution in [2.75, 3.05) is 18.5 Å². The number of amides is 1. The third kappa shape index (κ3) is 6.90. The van der Waals surface area contributed by atoms with Gasteiger partial charge in [-0.05, 0) is 67.6 Å². The number of fused-ring (bicyclic) bond motifs is 1. The van der Waals surface area contributed by atoms with Crippen LogP contribution in [0.25, 0.3) is 0 Å². The maximum Gasteiger partial charge on any atom is 0.309 e. The van der Waals surface area contributed by atoms with Crippen LogP contribution in [0.4, 0.5) is 5.69 Å². The molecule has 0 bridgehead atoms. The summed E-state index contributed by atoms with van der Waals surface area (Å²) < 4.78 is 10.9. The molecular weight excluding hydrogens is 406 g/mol. The normalized spacial score (nSPS) is 15.1. The maximum absolute atomic E-state index is 12.6. The first-order chi connectivity index (χ1) is 15.6. The van der Waals surface area contributed by atoms with E-state index >= 15 is 0 Å². The SMILES string of the molecule is CCCCN=NCc1ccc(C(=O)Nc2ccc3c(c2)CCC(CC(=O)OCC)O3)cc1. The molecule has 1 atom stereocenters. The van der Waals surface area contributed by atoms with Gasteiger partial charge in [0.2, 0.25) is 0 Å². The van der Waals surface area contributed by atoms with Crippen molar-refractivity contribution in [2.24, 2.45) is 10.2 Å². The van der Waals surface area contributed by atoms with E-state index in [2.05, 4.69) is 22.5 Å². The number of anilines is 1. The number of hydrogen-bond acceptors (Lipinski definition) is 6. The largest absolute Gasteiger partial charge is 0.490 e. The highest BCUT2D eigenvalue weighted by molar-refractivity contribution is 6.04. The molecular formula is C25H31N3O4. The van der Waals surface area contributed by atoms with Crippen molar-refractivity contribution in [1.82, 2.24) is 0 Å². The zero-order chi connectivity index (χ0) is 22.8. The Kier molecular flexibility index (Phi) is 8.78. The molecule has 1 heterocycles. The lowest BCUT2D eigenvalue weighted by Gasteiger charge is -2.26. The Morgan fingerprint density at radius 2 is 1.94 bits per heavy atom. The van der Waals surface area contributed by atoms with Crippen LogP contribution in [0.3, 0.4) is 0 Å². The zero-order valence-electron chi connectivity index (χ0n) is 18.8. The number of ether oxygens (including phenoxy) is 2. The van der Waals surface area contributed by atoms with Gasteiger partial charge in [-0.2, -0.15) is 10.2 Å². The number of carbonyl (C=O) groups is 2. The van der Waals surface area contributed by atoms with Crippen molar-refractivity contribution < 1.29 is 19.1 Å². The summed E-state index contributed by atoms with van der Waals surface area (Å²) in [6.07, 6.45) is 3.75. The van der Waals surface area contributed by atoms with E-state index in [1.54, 1.807) is 19.1 Å². The van der Waals surface area contributed by atoms with Crippen LogP contribution < -0.4 is 10.1 Å². The molecule has 1 N–H and O–H groups in total. The second-order valence-corrected chi connectivity index (χ2v) is 7.78. The van der Waals surface area contributed by atoms with E-state index in [9.17, 15) is 9.59 Å². The molecule has 2 aromatic carbocycles. The average molecular weight is 438 g/mol. The number of benzene rings is 2. The maximum atomic E-state index is 12.6. The van der Waals surface area contributed by atoms with Crippen LogP contribution in [0.15, 0.2) is 52.7 Å². The van der Waals surface area contributed by atoms with Gasteiger partial charge in [-0.3, -0.25) is 9.59 Å². The molecule has 1 aliphatic rings. The van der Waals surface area contributed by atoms with Gasteiger partial charge >= 0.3 is 5.97 Å². The lowest BCUT2D eigenvalue weighted by Crippen LogP contribution is -2.26. The number of hydrogen-bond donors (Lipinski definition) is 1. The summed E-state index contributed by atoms with van der Waals surface area (Å²) in [6, 6.07) is 13.0. The molecule has 0 aliphatic carbocycles. The fourth-order valence-electron chi connectivity index (χ4n) is 3.47. The van der Waals surface area contributed by atoms with Gasteiger partial charge < -0.3 is 14.8 Å². The number of rotatable bonds is 10. The van der Waals surface area contributed by atoms with E-state index in [4.69, 9.17) is 9.47 Å². The van der Waals surface area contributed by atoms with Gasteiger partial charge in [0, 0.05) is 11.3 Å². The minimum Gasteiger partial charge on any atom is -0.490 e. The number of unbranched alkanes of at least 4 members (excludes halogenated alkanes) is 1. The molecule has 0 aromatic heterocycles. The number of nitrogens with zero attached hydrogens (tertiary/aromatic N) is 2. The summed E-state index contributed by atoms with van der Waals surface area (Å²) in [4.78, 5) is 24.3. The minimum absolute atomic E-state index is 0.169. The molecule has 1 aliphatic heterocycles. The smallest absolute Gasteiger partial charge is 0.309 e. The van der Waals surface area contributed by atoms with Crippen molar-refractivity contribution in [3.05, 3.63) is 59.2 Å². The van der Waals surface area contributed by atoms with E-state index < -0.39 is 0 Å². The molecule has 1 amide bonds. The highest BCUT2D eigenvalue weighted by Gasteiger charge is 2.23. The van der Waals surface area contributed by atoms with E-state index in [-0.39, 0.29) is 24.4 Å². The van der Waals surface area contributed by atoms with Gasteiger partial charge in [0.1, 0.15) is 11.9 Å². The highest BCUT2D eigenvalue weighted by Crippen LogP contribution is 2.31. The van der Waals surface area contributed by atoms with Gasteiger partial charge in [-0.1, -0.05) is 25.5 Å². The minimum atomic E-state index is -0.240. The summed E-state index contributed by atoms with van der Waals surface area (Å²) in [5.74, 6) is 0.342. The Hall–Kier alpha value is -3.22. The van der Waals surface area contributed by atoms with Crippen molar-refractivity contribution in [2.45, 2.75) is 58.6 Å². The summed E-state index contributed by atoms with van der Waals surface area (Å²) in [7, 11) is 0. The fourth-order valence-corrected chi connectivity index (χ4v) is 3.47. The van der Waals surface area contributed by atoms with Gasteiger partial charge in [0.25, 0.3) is 5.91 Å². The molecule has 7 nitrogen and oxygen atoms in total. The Morgan fingerprint density at radius 3 is 2.69 bits per heavy atom. The van der Waals surface area contributed by atoms with Gasteiger partial charge in [0.15, 0.2) is 0 Å². The number of azo groups is 1. The first-order valence-electron chi connectivity index (χ1n) is 11.3. The highest BCUT2D eigenvalue weighted by atomic mass is 16.5. The molecule has 2 aromatic rings.